The molecular weight excluding hydrogens is 400 g/mol. The number of amides is 3. The zero-order valence-electron chi connectivity index (χ0n) is 14.5. The van der Waals surface area contributed by atoms with E-state index in [1.165, 1.54) is 4.90 Å². The summed E-state index contributed by atoms with van der Waals surface area (Å²) in [6.07, 6.45) is 0.461. The molecule has 136 valence electrons. The molecule has 0 saturated carbocycles. The van der Waals surface area contributed by atoms with Crippen molar-refractivity contribution in [2.45, 2.75) is 19.0 Å². The first-order chi connectivity index (χ1) is 12.5. The smallest absolute Gasteiger partial charge is 0.325 e. The Bertz CT molecular complexity index is 826. The molecule has 3 amide bonds. The van der Waals surface area contributed by atoms with Crippen LogP contribution in [-0.2, 0) is 17.8 Å². The van der Waals surface area contributed by atoms with Crippen LogP contribution >= 0.6 is 15.9 Å². The Hall–Kier alpha value is -2.54. The van der Waals surface area contributed by atoms with Gasteiger partial charge in [-0.3, -0.25) is 9.69 Å². The predicted molar refractivity (Wildman–Crippen MR) is 100 cm³/mol. The van der Waals surface area contributed by atoms with Gasteiger partial charge in [-0.1, -0.05) is 30.3 Å². The Morgan fingerprint density at radius 3 is 2.42 bits per heavy atom. The molecule has 1 heterocycles. The molecule has 1 aliphatic rings. The summed E-state index contributed by atoms with van der Waals surface area (Å²) < 4.78 is 11.4. The summed E-state index contributed by atoms with van der Waals surface area (Å²) >= 11 is 3.40. The predicted octanol–water partition coefficient (Wildman–Crippen LogP) is 3.13. The highest BCUT2D eigenvalue weighted by Gasteiger charge is 2.38. The number of imide groups is 1. The van der Waals surface area contributed by atoms with Crippen LogP contribution in [0.25, 0.3) is 0 Å². The monoisotopic (exact) mass is 418 g/mol. The minimum atomic E-state index is -0.562. The van der Waals surface area contributed by atoms with E-state index in [4.69, 9.17) is 9.47 Å². The summed E-state index contributed by atoms with van der Waals surface area (Å²) in [6.45, 7) is 0.114. The molecule has 0 bridgehead atoms. The van der Waals surface area contributed by atoms with Crippen LogP contribution in [0.2, 0.25) is 0 Å². The molecule has 0 unspecified atom stereocenters. The first kappa shape index (κ1) is 18.3. The van der Waals surface area contributed by atoms with E-state index in [1.807, 2.05) is 30.3 Å². The van der Waals surface area contributed by atoms with Gasteiger partial charge in [0.1, 0.15) is 17.5 Å². The summed E-state index contributed by atoms with van der Waals surface area (Å²) in [5, 5.41) is 2.76. The molecule has 0 aliphatic carbocycles. The minimum Gasteiger partial charge on any atom is -0.496 e. The lowest BCUT2D eigenvalue weighted by Gasteiger charge is -2.17. The Balaban J connectivity index is 1.80. The van der Waals surface area contributed by atoms with Crippen molar-refractivity contribution >= 4 is 27.9 Å². The molecule has 1 fully saturated rings. The molecular formula is C19H19BrN2O4. The molecule has 0 radical (unpaired) electrons. The van der Waals surface area contributed by atoms with Gasteiger partial charge >= 0.3 is 6.03 Å². The fourth-order valence-corrected chi connectivity index (χ4v) is 3.42. The number of rotatable bonds is 6. The van der Waals surface area contributed by atoms with Crippen molar-refractivity contribution in [3.63, 3.8) is 0 Å². The fraction of sp³-hybridized carbons (Fsp3) is 0.263. The van der Waals surface area contributed by atoms with Crippen LogP contribution in [0.4, 0.5) is 4.79 Å². The molecule has 0 spiro atoms. The molecule has 1 saturated heterocycles. The number of carbonyl (C=O) groups excluding carboxylic acids is 2. The van der Waals surface area contributed by atoms with Crippen molar-refractivity contribution in [2.24, 2.45) is 0 Å². The van der Waals surface area contributed by atoms with Crippen LogP contribution in [-0.4, -0.2) is 37.1 Å². The van der Waals surface area contributed by atoms with Gasteiger partial charge in [0.15, 0.2) is 0 Å². The first-order valence-electron chi connectivity index (χ1n) is 8.09. The van der Waals surface area contributed by atoms with Crippen LogP contribution in [0.5, 0.6) is 11.5 Å². The van der Waals surface area contributed by atoms with E-state index in [0.717, 1.165) is 10.0 Å². The van der Waals surface area contributed by atoms with Gasteiger partial charge in [-0.2, -0.15) is 0 Å². The number of nitrogens with one attached hydrogen (secondary N) is 1. The molecule has 0 aromatic heterocycles. The SMILES string of the molecule is COc1cc(CN2C(=O)N[C@H](Cc3ccccc3)C2=O)c(OC)cc1Br. The number of hydrogen-bond acceptors (Lipinski definition) is 4. The van der Waals surface area contributed by atoms with E-state index in [1.54, 1.807) is 26.4 Å². The minimum absolute atomic E-state index is 0.114. The van der Waals surface area contributed by atoms with E-state index in [9.17, 15) is 9.59 Å². The van der Waals surface area contributed by atoms with Gasteiger partial charge in [0.2, 0.25) is 0 Å². The van der Waals surface area contributed by atoms with Crippen LogP contribution in [0.3, 0.4) is 0 Å². The summed E-state index contributed by atoms with van der Waals surface area (Å²) in [7, 11) is 3.10. The fourth-order valence-electron chi connectivity index (χ4n) is 2.93. The molecule has 2 aromatic rings. The lowest BCUT2D eigenvalue weighted by Crippen LogP contribution is -2.32. The van der Waals surface area contributed by atoms with Crippen molar-refractivity contribution in [1.82, 2.24) is 10.2 Å². The second kappa shape index (κ2) is 7.78. The largest absolute Gasteiger partial charge is 0.496 e. The van der Waals surface area contributed by atoms with Crippen molar-refractivity contribution in [3.8, 4) is 11.5 Å². The van der Waals surface area contributed by atoms with Gasteiger partial charge in [0.05, 0.1) is 25.2 Å². The molecule has 6 nitrogen and oxygen atoms in total. The number of ether oxygens (including phenoxy) is 2. The second-order valence-electron chi connectivity index (χ2n) is 5.91. The number of carbonyl (C=O) groups is 2. The van der Waals surface area contributed by atoms with Crippen LogP contribution in [0.1, 0.15) is 11.1 Å². The van der Waals surface area contributed by atoms with Crippen LogP contribution < -0.4 is 14.8 Å². The van der Waals surface area contributed by atoms with E-state index in [0.29, 0.717) is 23.5 Å². The molecule has 1 atom stereocenters. The van der Waals surface area contributed by atoms with Crippen molar-refractivity contribution in [2.75, 3.05) is 14.2 Å². The van der Waals surface area contributed by atoms with E-state index >= 15 is 0 Å². The van der Waals surface area contributed by atoms with Crippen molar-refractivity contribution in [1.29, 1.82) is 0 Å². The number of urea groups is 1. The molecule has 1 aliphatic heterocycles. The third-order valence-electron chi connectivity index (χ3n) is 4.27. The van der Waals surface area contributed by atoms with Gasteiger partial charge in [-0.25, -0.2) is 4.79 Å². The topological polar surface area (TPSA) is 67.9 Å². The Morgan fingerprint density at radius 1 is 1.08 bits per heavy atom. The zero-order chi connectivity index (χ0) is 18.7. The third kappa shape index (κ3) is 3.67. The average Bonchev–Trinajstić information content (AvgIpc) is 2.90. The van der Waals surface area contributed by atoms with Gasteiger partial charge in [0, 0.05) is 12.0 Å². The highest BCUT2D eigenvalue weighted by Crippen LogP contribution is 2.34. The lowest BCUT2D eigenvalue weighted by molar-refractivity contribution is -0.127. The Morgan fingerprint density at radius 2 is 1.77 bits per heavy atom. The quantitative estimate of drug-likeness (QED) is 0.731. The number of methoxy groups -OCH3 is 2. The molecule has 1 N–H and O–H groups in total. The van der Waals surface area contributed by atoms with E-state index in [-0.39, 0.29) is 12.5 Å². The molecule has 2 aromatic carbocycles. The molecule has 3 rings (SSSR count). The summed E-state index contributed by atoms with van der Waals surface area (Å²) in [6, 6.07) is 12.2. The molecule has 26 heavy (non-hydrogen) atoms. The Labute approximate surface area is 160 Å². The summed E-state index contributed by atoms with van der Waals surface area (Å²) in [5.41, 5.74) is 1.69. The first-order valence-corrected chi connectivity index (χ1v) is 8.89. The lowest BCUT2D eigenvalue weighted by atomic mass is 10.1. The highest BCUT2D eigenvalue weighted by atomic mass is 79.9. The van der Waals surface area contributed by atoms with Gasteiger partial charge in [-0.05, 0) is 33.6 Å². The normalized spacial score (nSPS) is 16.6. The van der Waals surface area contributed by atoms with Gasteiger partial charge in [-0.15, -0.1) is 0 Å². The number of hydrogen-bond donors (Lipinski definition) is 1. The van der Waals surface area contributed by atoms with Crippen LogP contribution in [0.15, 0.2) is 46.9 Å². The third-order valence-corrected chi connectivity index (χ3v) is 4.89. The number of benzene rings is 2. The zero-order valence-corrected chi connectivity index (χ0v) is 16.1. The number of nitrogens with zero attached hydrogens (tertiary/aromatic N) is 1. The van der Waals surface area contributed by atoms with Gasteiger partial charge in [0.25, 0.3) is 5.91 Å². The standard InChI is InChI=1S/C19H19BrN2O4/c1-25-16-10-14(20)17(26-2)9-13(16)11-22-18(23)15(21-19(22)24)8-12-6-4-3-5-7-12/h3-7,9-10,15H,8,11H2,1-2H3,(H,21,24)/t15-/m1/s1. The molecule has 7 heteroatoms. The average molecular weight is 419 g/mol. The van der Waals surface area contributed by atoms with Crippen molar-refractivity contribution in [3.05, 3.63) is 58.1 Å². The maximum absolute atomic E-state index is 12.7. The summed E-state index contributed by atoms with van der Waals surface area (Å²) in [4.78, 5) is 26.2. The highest BCUT2D eigenvalue weighted by molar-refractivity contribution is 9.10. The van der Waals surface area contributed by atoms with Crippen LogP contribution in [0, 0.1) is 0 Å². The second-order valence-corrected chi connectivity index (χ2v) is 6.77. The van der Waals surface area contributed by atoms with E-state index in [2.05, 4.69) is 21.2 Å². The number of halogens is 1. The maximum atomic E-state index is 12.7. The van der Waals surface area contributed by atoms with Crippen molar-refractivity contribution < 1.29 is 19.1 Å². The van der Waals surface area contributed by atoms with E-state index < -0.39 is 12.1 Å². The Kier molecular flexibility index (Phi) is 5.46. The summed E-state index contributed by atoms with van der Waals surface area (Å²) in [5.74, 6) is 0.932. The maximum Gasteiger partial charge on any atom is 0.325 e. The van der Waals surface area contributed by atoms with Gasteiger partial charge < -0.3 is 14.8 Å².